The first-order valence-electron chi connectivity index (χ1n) is 4.70. The molecule has 0 aromatic carbocycles. The van der Waals surface area contributed by atoms with Crippen LogP contribution in [0.3, 0.4) is 0 Å². The highest BCUT2D eigenvalue weighted by atomic mass is 19.4. The Kier molecular flexibility index (Phi) is 4.09. The number of nitriles is 1. The van der Waals surface area contributed by atoms with Crippen LogP contribution in [0.4, 0.5) is 13.2 Å². The van der Waals surface area contributed by atoms with E-state index in [1.165, 1.54) is 6.92 Å². The molecule has 0 unspecified atom stereocenters. The molecule has 5 nitrogen and oxygen atoms in total. The number of hydrogen-bond donors (Lipinski definition) is 0. The molecule has 0 atom stereocenters. The van der Waals surface area contributed by atoms with Gasteiger partial charge in [-0.25, -0.2) is 9.78 Å². The van der Waals surface area contributed by atoms with E-state index in [2.05, 4.69) is 14.5 Å². The van der Waals surface area contributed by atoms with E-state index in [4.69, 9.17) is 5.26 Å². The quantitative estimate of drug-likeness (QED) is 0.777. The van der Waals surface area contributed by atoms with Gasteiger partial charge in [-0.2, -0.15) is 5.26 Å². The SMILES string of the molecule is CCOC(=O)c1cc(C#N)cnc1OC(F)(F)F. The lowest BCUT2D eigenvalue weighted by Crippen LogP contribution is -2.20. The normalized spacial score (nSPS) is 10.6. The molecule has 1 heterocycles. The molecule has 0 saturated heterocycles. The number of pyridine rings is 1. The fourth-order valence-electron chi connectivity index (χ4n) is 1.06. The van der Waals surface area contributed by atoms with Gasteiger partial charge in [0.25, 0.3) is 0 Å². The number of ether oxygens (including phenoxy) is 2. The fourth-order valence-corrected chi connectivity index (χ4v) is 1.06. The van der Waals surface area contributed by atoms with E-state index in [0.29, 0.717) is 0 Å². The summed E-state index contributed by atoms with van der Waals surface area (Å²) in [4.78, 5) is 14.7. The van der Waals surface area contributed by atoms with Crippen LogP contribution in [0.2, 0.25) is 0 Å². The Morgan fingerprint density at radius 3 is 2.72 bits per heavy atom. The predicted octanol–water partition coefficient (Wildman–Crippen LogP) is 2.03. The number of aromatic nitrogens is 1. The van der Waals surface area contributed by atoms with Gasteiger partial charge in [0.1, 0.15) is 11.6 Å². The smallest absolute Gasteiger partial charge is 0.462 e. The van der Waals surface area contributed by atoms with Crippen LogP contribution in [-0.4, -0.2) is 23.9 Å². The lowest BCUT2D eigenvalue weighted by molar-refractivity contribution is -0.276. The van der Waals surface area contributed by atoms with E-state index >= 15 is 0 Å². The van der Waals surface area contributed by atoms with Crippen LogP contribution in [0.25, 0.3) is 0 Å². The maximum Gasteiger partial charge on any atom is 0.574 e. The number of nitrogens with zero attached hydrogens (tertiary/aromatic N) is 2. The zero-order chi connectivity index (χ0) is 13.8. The lowest BCUT2D eigenvalue weighted by atomic mass is 10.2. The van der Waals surface area contributed by atoms with Crippen molar-refractivity contribution in [2.45, 2.75) is 13.3 Å². The Labute approximate surface area is 99.8 Å². The first-order valence-corrected chi connectivity index (χ1v) is 4.70. The summed E-state index contributed by atoms with van der Waals surface area (Å²) >= 11 is 0. The van der Waals surface area contributed by atoms with Gasteiger partial charge in [-0.3, -0.25) is 0 Å². The first kappa shape index (κ1) is 13.8. The van der Waals surface area contributed by atoms with Gasteiger partial charge in [0.2, 0.25) is 5.88 Å². The van der Waals surface area contributed by atoms with Crippen LogP contribution in [-0.2, 0) is 4.74 Å². The summed E-state index contributed by atoms with van der Waals surface area (Å²) in [6.45, 7) is 1.46. The van der Waals surface area contributed by atoms with Gasteiger partial charge in [0, 0.05) is 6.20 Å². The molecule has 0 saturated carbocycles. The molecular weight excluding hydrogens is 253 g/mol. The second kappa shape index (κ2) is 5.35. The lowest BCUT2D eigenvalue weighted by Gasteiger charge is -2.11. The van der Waals surface area contributed by atoms with Crippen molar-refractivity contribution in [2.75, 3.05) is 6.61 Å². The maximum atomic E-state index is 12.1. The van der Waals surface area contributed by atoms with Crippen LogP contribution < -0.4 is 4.74 Å². The van der Waals surface area contributed by atoms with Crippen molar-refractivity contribution >= 4 is 5.97 Å². The monoisotopic (exact) mass is 260 g/mol. The van der Waals surface area contributed by atoms with E-state index in [0.717, 1.165) is 12.3 Å². The van der Waals surface area contributed by atoms with Crippen LogP contribution in [0.1, 0.15) is 22.8 Å². The Balaban J connectivity index is 3.17. The summed E-state index contributed by atoms with van der Waals surface area (Å²) < 4.78 is 44.3. The maximum absolute atomic E-state index is 12.1. The fraction of sp³-hybridized carbons (Fsp3) is 0.300. The topological polar surface area (TPSA) is 72.2 Å². The highest BCUT2D eigenvalue weighted by Crippen LogP contribution is 2.25. The van der Waals surface area contributed by atoms with E-state index in [1.54, 1.807) is 6.07 Å². The number of carbonyl (C=O) groups excluding carboxylic acids is 1. The van der Waals surface area contributed by atoms with Gasteiger partial charge in [-0.1, -0.05) is 0 Å². The van der Waals surface area contributed by atoms with Crippen molar-refractivity contribution < 1.29 is 27.4 Å². The highest BCUT2D eigenvalue weighted by molar-refractivity contribution is 5.92. The molecule has 0 amide bonds. The van der Waals surface area contributed by atoms with Crippen LogP contribution in [0.15, 0.2) is 12.3 Å². The summed E-state index contributed by atoms with van der Waals surface area (Å²) in [5.74, 6) is -1.98. The molecular formula is C10H7F3N2O3. The molecule has 0 fully saturated rings. The minimum atomic E-state index is -4.98. The zero-order valence-electron chi connectivity index (χ0n) is 9.11. The molecule has 96 valence electrons. The standard InChI is InChI=1S/C10H7F3N2O3/c1-2-17-9(16)7-3-6(4-14)5-15-8(7)18-10(11,12)13/h3,5H,2H2,1H3. The molecule has 0 radical (unpaired) electrons. The third-order valence-corrected chi connectivity index (χ3v) is 1.69. The molecule has 0 aliphatic carbocycles. The van der Waals surface area contributed by atoms with Gasteiger partial charge in [0.15, 0.2) is 0 Å². The first-order chi connectivity index (χ1) is 8.37. The van der Waals surface area contributed by atoms with Gasteiger partial charge in [-0.15, -0.1) is 13.2 Å². The number of halogens is 3. The van der Waals surface area contributed by atoms with Crippen LogP contribution >= 0.6 is 0 Å². The summed E-state index contributed by atoms with van der Waals surface area (Å²) in [7, 11) is 0. The van der Waals surface area contributed by atoms with Crippen molar-refractivity contribution in [3.8, 4) is 11.9 Å². The zero-order valence-corrected chi connectivity index (χ0v) is 9.11. The van der Waals surface area contributed by atoms with Crippen molar-refractivity contribution in [2.24, 2.45) is 0 Å². The van der Waals surface area contributed by atoms with Crippen molar-refractivity contribution in [3.63, 3.8) is 0 Å². The average molecular weight is 260 g/mol. The largest absolute Gasteiger partial charge is 0.574 e. The van der Waals surface area contributed by atoms with Crippen molar-refractivity contribution in [1.82, 2.24) is 4.98 Å². The third kappa shape index (κ3) is 3.62. The summed E-state index contributed by atoms with van der Waals surface area (Å²) in [6.07, 6.45) is -4.12. The summed E-state index contributed by atoms with van der Waals surface area (Å²) in [6, 6.07) is 2.57. The van der Waals surface area contributed by atoms with Crippen molar-refractivity contribution in [3.05, 3.63) is 23.4 Å². The minimum Gasteiger partial charge on any atom is -0.462 e. The van der Waals surface area contributed by atoms with Gasteiger partial charge in [-0.05, 0) is 13.0 Å². The van der Waals surface area contributed by atoms with E-state index in [-0.39, 0.29) is 12.2 Å². The molecule has 0 aliphatic rings. The van der Waals surface area contributed by atoms with E-state index < -0.39 is 23.8 Å². The third-order valence-electron chi connectivity index (χ3n) is 1.69. The Morgan fingerprint density at radius 1 is 1.56 bits per heavy atom. The van der Waals surface area contributed by atoms with Crippen LogP contribution in [0, 0.1) is 11.3 Å². The number of alkyl halides is 3. The molecule has 0 bridgehead atoms. The number of carbonyl (C=O) groups is 1. The Bertz CT molecular complexity index is 494. The Hall–Kier alpha value is -2.30. The van der Waals surface area contributed by atoms with Gasteiger partial charge >= 0.3 is 12.3 Å². The summed E-state index contributed by atoms with van der Waals surface area (Å²) in [5, 5.41) is 8.59. The van der Waals surface area contributed by atoms with Gasteiger partial charge < -0.3 is 9.47 Å². The molecule has 1 aromatic rings. The van der Waals surface area contributed by atoms with Gasteiger partial charge in [0.05, 0.1) is 12.2 Å². The average Bonchev–Trinajstić information content (AvgIpc) is 2.27. The second-order valence-corrected chi connectivity index (χ2v) is 2.96. The number of hydrogen-bond acceptors (Lipinski definition) is 5. The predicted molar refractivity (Wildman–Crippen MR) is 51.6 cm³/mol. The van der Waals surface area contributed by atoms with Crippen LogP contribution in [0.5, 0.6) is 5.88 Å². The van der Waals surface area contributed by atoms with Crippen molar-refractivity contribution in [1.29, 1.82) is 5.26 Å². The highest BCUT2D eigenvalue weighted by Gasteiger charge is 2.34. The molecule has 1 rings (SSSR count). The number of rotatable bonds is 3. The molecule has 8 heteroatoms. The molecule has 18 heavy (non-hydrogen) atoms. The second-order valence-electron chi connectivity index (χ2n) is 2.96. The molecule has 0 spiro atoms. The molecule has 0 aliphatic heterocycles. The molecule has 1 aromatic heterocycles. The minimum absolute atomic E-state index is 0.0267. The van der Waals surface area contributed by atoms with E-state index in [9.17, 15) is 18.0 Å². The summed E-state index contributed by atoms with van der Waals surface area (Å²) in [5.41, 5.74) is -0.624. The Morgan fingerprint density at radius 2 is 2.22 bits per heavy atom. The van der Waals surface area contributed by atoms with E-state index in [1.807, 2.05) is 0 Å². The molecule has 0 N–H and O–H groups in total. The number of esters is 1.